The third kappa shape index (κ3) is 8.03. The lowest BCUT2D eigenvalue weighted by Gasteiger charge is -2.33. The molecule has 1 atom stereocenters. The number of hydrogen-bond donors (Lipinski definition) is 1. The molecule has 0 radical (unpaired) electrons. The first-order valence-corrected chi connectivity index (χ1v) is 16.3. The molecule has 0 heterocycles. The molecule has 0 aromatic heterocycles. The van der Waals surface area contributed by atoms with Gasteiger partial charge in [-0.2, -0.15) is 0 Å². The molecule has 1 unspecified atom stereocenters. The fourth-order valence-corrected chi connectivity index (χ4v) is 6.44. The van der Waals surface area contributed by atoms with Gasteiger partial charge in [0.1, 0.15) is 18.4 Å². The number of anilines is 1. The molecular formula is C33H34FN3O4S2. The Balaban J connectivity index is 1.77. The lowest BCUT2D eigenvalue weighted by Crippen LogP contribution is -2.53. The van der Waals surface area contributed by atoms with Crippen LogP contribution in [0.4, 0.5) is 10.1 Å². The zero-order valence-corrected chi connectivity index (χ0v) is 25.9. The van der Waals surface area contributed by atoms with Crippen LogP contribution < -0.4 is 9.62 Å². The van der Waals surface area contributed by atoms with Crippen LogP contribution in [0.5, 0.6) is 0 Å². The first-order chi connectivity index (χ1) is 20.6. The van der Waals surface area contributed by atoms with Crippen LogP contribution in [0.3, 0.4) is 0 Å². The number of carbonyl (C=O) groups excluding carboxylic acids is 2. The van der Waals surface area contributed by atoms with Crippen LogP contribution in [-0.2, 0) is 32.6 Å². The molecule has 0 aliphatic rings. The number of thioether (sulfide) groups is 1. The Bertz CT molecular complexity index is 1630. The summed E-state index contributed by atoms with van der Waals surface area (Å²) in [6.45, 7) is 1.30. The number of nitrogens with one attached hydrogen (secondary N) is 1. The highest BCUT2D eigenvalue weighted by Crippen LogP contribution is 2.27. The molecule has 0 saturated heterocycles. The highest BCUT2D eigenvalue weighted by atomic mass is 32.2. The topological polar surface area (TPSA) is 86.8 Å². The van der Waals surface area contributed by atoms with E-state index in [-0.39, 0.29) is 17.9 Å². The standard InChI is InChI=1S/C33H34FN3O4S2/c1-24-9-15-28(16-10-24)37(43(40,41)30-19-17-29(42-3)18-20-30)23-32(38)36(22-26-11-13-27(34)14-12-26)31(33(39)35-2)21-25-7-5-4-6-8-25/h4-20,31H,21-23H2,1-3H3,(H,35,39). The van der Waals surface area contributed by atoms with Crippen LogP contribution in [-0.4, -0.2) is 51.0 Å². The number of halogens is 1. The molecule has 1 N–H and O–H groups in total. The Hall–Kier alpha value is -4.15. The third-order valence-electron chi connectivity index (χ3n) is 7.03. The number of amides is 2. The molecule has 224 valence electrons. The van der Waals surface area contributed by atoms with Crippen LogP contribution in [0, 0.1) is 12.7 Å². The zero-order chi connectivity index (χ0) is 31.0. The number of rotatable bonds is 12. The van der Waals surface area contributed by atoms with Crippen molar-refractivity contribution in [3.05, 3.63) is 126 Å². The predicted octanol–water partition coefficient (Wildman–Crippen LogP) is 5.44. The Morgan fingerprint density at radius 3 is 2.07 bits per heavy atom. The number of hydrogen-bond acceptors (Lipinski definition) is 5. The van der Waals surface area contributed by atoms with E-state index in [1.54, 1.807) is 48.5 Å². The SMILES string of the molecule is CNC(=O)C(Cc1ccccc1)N(Cc1ccc(F)cc1)C(=O)CN(c1ccc(C)cc1)S(=O)(=O)c1ccc(SC)cc1. The second kappa shape index (κ2) is 14.3. The molecule has 10 heteroatoms. The average Bonchev–Trinajstić information content (AvgIpc) is 3.03. The van der Waals surface area contributed by atoms with E-state index < -0.39 is 40.2 Å². The highest BCUT2D eigenvalue weighted by molar-refractivity contribution is 7.98. The number of likely N-dealkylation sites (N-methyl/N-ethyl adjacent to an activating group) is 1. The summed E-state index contributed by atoms with van der Waals surface area (Å²) >= 11 is 1.49. The van der Waals surface area contributed by atoms with Crippen molar-refractivity contribution in [2.75, 3.05) is 24.2 Å². The van der Waals surface area contributed by atoms with Gasteiger partial charge in [0.15, 0.2) is 0 Å². The first-order valence-electron chi connectivity index (χ1n) is 13.6. The largest absolute Gasteiger partial charge is 0.357 e. The normalized spacial score (nSPS) is 11.9. The van der Waals surface area contributed by atoms with Crippen molar-refractivity contribution >= 4 is 39.3 Å². The van der Waals surface area contributed by atoms with Gasteiger partial charge in [-0.1, -0.05) is 60.2 Å². The maximum absolute atomic E-state index is 14.3. The van der Waals surface area contributed by atoms with Gasteiger partial charge in [-0.05, 0) is 72.8 Å². The second-order valence-electron chi connectivity index (χ2n) is 9.99. The third-order valence-corrected chi connectivity index (χ3v) is 9.56. The van der Waals surface area contributed by atoms with E-state index in [4.69, 9.17) is 0 Å². The molecule has 0 aliphatic heterocycles. The summed E-state index contributed by atoms with van der Waals surface area (Å²) in [4.78, 5) is 29.8. The van der Waals surface area contributed by atoms with E-state index in [0.29, 0.717) is 11.3 Å². The highest BCUT2D eigenvalue weighted by Gasteiger charge is 2.34. The van der Waals surface area contributed by atoms with Crippen molar-refractivity contribution in [1.82, 2.24) is 10.2 Å². The van der Waals surface area contributed by atoms with Crippen LogP contribution in [0.2, 0.25) is 0 Å². The van der Waals surface area contributed by atoms with E-state index in [1.165, 1.54) is 48.0 Å². The van der Waals surface area contributed by atoms with Crippen molar-refractivity contribution < 1.29 is 22.4 Å². The minimum atomic E-state index is -4.18. The van der Waals surface area contributed by atoms with Gasteiger partial charge < -0.3 is 10.2 Å². The maximum Gasteiger partial charge on any atom is 0.264 e. The van der Waals surface area contributed by atoms with E-state index >= 15 is 0 Å². The summed E-state index contributed by atoms with van der Waals surface area (Å²) < 4.78 is 42.9. The van der Waals surface area contributed by atoms with Gasteiger partial charge in [0, 0.05) is 24.9 Å². The van der Waals surface area contributed by atoms with Crippen molar-refractivity contribution in [1.29, 1.82) is 0 Å². The summed E-state index contributed by atoms with van der Waals surface area (Å²) in [5, 5.41) is 2.65. The van der Waals surface area contributed by atoms with E-state index in [0.717, 1.165) is 20.3 Å². The van der Waals surface area contributed by atoms with E-state index in [2.05, 4.69) is 5.32 Å². The van der Waals surface area contributed by atoms with Crippen LogP contribution in [0.1, 0.15) is 16.7 Å². The lowest BCUT2D eigenvalue weighted by molar-refractivity contribution is -0.139. The van der Waals surface area contributed by atoms with Crippen molar-refractivity contribution in [3.8, 4) is 0 Å². The number of sulfonamides is 1. The molecule has 7 nitrogen and oxygen atoms in total. The van der Waals surface area contributed by atoms with Gasteiger partial charge in [-0.3, -0.25) is 13.9 Å². The average molecular weight is 620 g/mol. The second-order valence-corrected chi connectivity index (χ2v) is 12.7. The van der Waals surface area contributed by atoms with Gasteiger partial charge in [0.2, 0.25) is 11.8 Å². The van der Waals surface area contributed by atoms with Crippen LogP contribution in [0.15, 0.2) is 113 Å². The maximum atomic E-state index is 14.3. The molecule has 0 aliphatic carbocycles. The Morgan fingerprint density at radius 2 is 1.49 bits per heavy atom. The minimum absolute atomic E-state index is 0.0335. The van der Waals surface area contributed by atoms with Crippen molar-refractivity contribution in [2.45, 2.75) is 35.7 Å². The van der Waals surface area contributed by atoms with Gasteiger partial charge in [0.05, 0.1) is 10.6 Å². The molecule has 0 fully saturated rings. The van der Waals surface area contributed by atoms with Crippen LogP contribution >= 0.6 is 11.8 Å². The molecular weight excluding hydrogens is 586 g/mol. The molecule has 2 amide bonds. The van der Waals surface area contributed by atoms with E-state index in [9.17, 15) is 22.4 Å². The number of nitrogens with zero attached hydrogens (tertiary/aromatic N) is 2. The molecule has 0 saturated carbocycles. The number of benzene rings is 4. The van der Waals surface area contributed by atoms with Gasteiger partial charge >= 0.3 is 0 Å². The fraction of sp³-hybridized carbons (Fsp3) is 0.212. The minimum Gasteiger partial charge on any atom is -0.357 e. The Morgan fingerprint density at radius 1 is 0.860 bits per heavy atom. The smallest absolute Gasteiger partial charge is 0.264 e. The summed E-state index contributed by atoms with van der Waals surface area (Å²) in [7, 11) is -2.69. The number of aryl methyl sites for hydroxylation is 1. The summed E-state index contributed by atoms with van der Waals surface area (Å²) in [6, 6.07) is 27.3. The monoisotopic (exact) mass is 619 g/mol. The lowest BCUT2D eigenvalue weighted by atomic mass is 10.0. The quantitative estimate of drug-likeness (QED) is 0.214. The molecule has 43 heavy (non-hydrogen) atoms. The molecule has 4 aromatic rings. The van der Waals surface area contributed by atoms with Crippen molar-refractivity contribution in [2.24, 2.45) is 0 Å². The first kappa shape index (κ1) is 31.8. The molecule has 4 rings (SSSR count). The Labute approximate surface area is 256 Å². The summed E-state index contributed by atoms with van der Waals surface area (Å²) in [5.74, 6) is -1.42. The van der Waals surface area contributed by atoms with E-state index in [1.807, 2.05) is 43.5 Å². The fourth-order valence-electron chi connectivity index (χ4n) is 4.62. The van der Waals surface area contributed by atoms with Crippen LogP contribution in [0.25, 0.3) is 0 Å². The Kier molecular flexibility index (Phi) is 10.6. The van der Waals surface area contributed by atoms with Gasteiger partial charge in [-0.15, -0.1) is 11.8 Å². The van der Waals surface area contributed by atoms with Crippen molar-refractivity contribution in [3.63, 3.8) is 0 Å². The molecule has 4 aromatic carbocycles. The number of carbonyl (C=O) groups is 2. The molecule has 0 bridgehead atoms. The van der Waals surface area contributed by atoms with Gasteiger partial charge in [-0.25, -0.2) is 12.8 Å². The predicted molar refractivity (Wildman–Crippen MR) is 169 cm³/mol. The molecule has 0 spiro atoms. The van der Waals surface area contributed by atoms with Gasteiger partial charge in [0.25, 0.3) is 10.0 Å². The summed E-state index contributed by atoms with van der Waals surface area (Å²) in [5.41, 5.74) is 2.66. The summed E-state index contributed by atoms with van der Waals surface area (Å²) in [6.07, 6.45) is 2.09. The zero-order valence-electron chi connectivity index (χ0n) is 24.2.